The highest BCUT2D eigenvalue weighted by molar-refractivity contribution is 6.25. The van der Waals surface area contributed by atoms with Crippen LogP contribution in [0.3, 0.4) is 0 Å². The van der Waals surface area contributed by atoms with Crippen LogP contribution >= 0.6 is 0 Å². The number of benzene rings is 10. The molecule has 0 bridgehead atoms. The summed E-state index contributed by atoms with van der Waals surface area (Å²) >= 11 is 0. The average molecular weight is 713 g/mol. The Morgan fingerprint density at radius 3 is 1.71 bits per heavy atom. The molecule has 10 aromatic carbocycles. The Balaban J connectivity index is 1.07. The quantitative estimate of drug-likeness (QED) is 0.170. The Morgan fingerprint density at radius 1 is 0.268 bits per heavy atom. The second-order valence-electron chi connectivity index (χ2n) is 14.8. The molecule has 12 aromatic rings. The molecular weight excluding hydrogens is 681 g/mol. The van der Waals surface area contributed by atoms with Gasteiger partial charge in [-0.25, -0.2) is 0 Å². The first-order valence-corrected chi connectivity index (χ1v) is 19.2. The maximum atomic E-state index is 6.70. The number of para-hydroxylation sites is 2. The van der Waals surface area contributed by atoms with E-state index in [9.17, 15) is 0 Å². The molecule has 2 aromatic heterocycles. The Hall–Kier alpha value is -7.42. The van der Waals surface area contributed by atoms with Crippen molar-refractivity contribution in [3.05, 3.63) is 194 Å². The number of furan rings is 2. The number of hydrogen-bond acceptors (Lipinski definition) is 2. The highest BCUT2D eigenvalue weighted by Crippen LogP contribution is 2.46. The zero-order valence-electron chi connectivity index (χ0n) is 30.3. The molecule has 0 aliphatic heterocycles. The summed E-state index contributed by atoms with van der Waals surface area (Å²) in [7, 11) is 0. The van der Waals surface area contributed by atoms with Gasteiger partial charge in [-0.2, -0.15) is 0 Å². The number of hydrogen-bond donors (Lipinski definition) is 0. The largest absolute Gasteiger partial charge is 0.455 e. The van der Waals surface area contributed by atoms with Crippen LogP contribution in [0.15, 0.2) is 203 Å². The summed E-state index contributed by atoms with van der Waals surface area (Å²) in [5.41, 5.74) is 12.8. The van der Waals surface area contributed by atoms with Crippen molar-refractivity contribution in [1.29, 1.82) is 0 Å². The van der Waals surface area contributed by atoms with E-state index in [0.29, 0.717) is 0 Å². The molecule has 0 N–H and O–H groups in total. The molecule has 2 heteroatoms. The van der Waals surface area contributed by atoms with Gasteiger partial charge in [0.15, 0.2) is 0 Å². The summed E-state index contributed by atoms with van der Waals surface area (Å²) in [6.07, 6.45) is 0. The van der Waals surface area contributed by atoms with Crippen molar-refractivity contribution in [2.75, 3.05) is 0 Å². The SMILES string of the molecule is c1cc(-c2ccc3ccccc3c2)cc(-c2cccc3c(-c4cccc(-c5cc6c7ccccc7oc6c6c5oc5ccccc56)c4)c4ccccc4cc23)c1. The van der Waals surface area contributed by atoms with Gasteiger partial charge in [-0.15, -0.1) is 0 Å². The molecule has 2 heterocycles. The van der Waals surface area contributed by atoms with Gasteiger partial charge in [0, 0.05) is 21.7 Å². The molecule has 260 valence electrons. The predicted molar refractivity (Wildman–Crippen MR) is 235 cm³/mol. The maximum Gasteiger partial charge on any atom is 0.147 e. The fourth-order valence-electron chi connectivity index (χ4n) is 9.01. The monoisotopic (exact) mass is 712 g/mol. The Morgan fingerprint density at radius 2 is 0.857 bits per heavy atom. The van der Waals surface area contributed by atoms with Crippen LogP contribution in [0.5, 0.6) is 0 Å². The molecular formula is C54H32O2. The van der Waals surface area contributed by atoms with Crippen molar-refractivity contribution in [2.45, 2.75) is 0 Å². The summed E-state index contributed by atoms with van der Waals surface area (Å²) in [6, 6.07) is 70.0. The van der Waals surface area contributed by atoms with E-state index in [1.165, 1.54) is 60.1 Å². The molecule has 0 atom stereocenters. The number of rotatable bonds is 4. The molecule has 0 aliphatic rings. The van der Waals surface area contributed by atoms with Crippen LogP contribution in [0.25, 0.3) is 121 Å². The van der Waals surface area contributed by atoms with E-state index in [1.54, 1.807) is 0 Å². The molecule has 0 fully saturated rings. The van der Waals surface area contributed by atoms with Crippen LogP contribution in [0.4, 0.5) is 0 Å². The zero-order valence-corrected chi connectivity index (χ0v) is 30.3. The van der Waals surface area contributed by atoms with Crippen LogP contribution in [0, 0.1) is 0 Å². The highest BCUT2D eigenvalue weighted by Gasteiger charge is 2.21. The lowest BCUT2D eigenvalue weighted by molar-refractivity contribution is 0.663. The first-order chi connectivity index (χ1) is 27.7. The van der Waals surface area contributed by atoms with Gasteiger partial charge >= 0.3 is 0 Å². The van der Waals surface area contributed by atoms with E-state index in [-0.39, 0.29) is 0 Å². The third-order valence-corrected chi connectivity index (χ3v) is 11.6. The summed E-state index contributed by atoms with van der Waals surface area (Å²) in [5, 5.41) is 11.7. The Bertz CT molecular complexity index is 3540. The van der Waals surface area contributed by atoms with E-state index in [0.717, 1.165) is 60.6 Å². The summed E-state index contributed by atoms with van der Waals surface area (Å²) in [5.74, 6) is 0. The standard InChI is InChI=1S/C54H32O2/c1-2-13-34-28-36(27-26-33(34)12-1)35-15-9-16-37(29-35)41-22-11-23-44-47(41)31-39-14-3-4-19-42(39)51(44)40-18-10-17-38(30-40)46-32-48-43-20-5-7-24-49(43)55-54(48)52-45-21-6-8-25-50(45)56-53(46)52/h1-32H. The third kappa shape index (κ3) is 4.69. The van der Waals surface area contributed by atoms with Gasteiger partial charge in [0.05, 0.1) is 5.39 Å². The van der Waals surface area contributed by atoms with Gasteiger partial charge in [-0.1, -0.05) is 152 Å². The maximum absolute atomic E-state index is 6.70. The van der Waals surface area contributed by atoms with Crippen LogP contribution in [0.2, 0.25) is 0 Å². The van der Waals surface area contributed by atoms with Gasteiger partial charge < -0.3 is 8.83 Å². The van der Waals surface area contributed by atoms with Crippen molar-refractivity contribution in [3.8, 4) is 44.5 Å². The second kappa shape index (κ2) is 12.0. The summed E-state index contributed by atoms with van der Waals surface area (Å²) in [6.45, 7) is 0. The molecule has 0 amide bonds. The van der Waals surface area contributed by atoms with E-state index in [4.69, 9.17) is 8.83 Å². The minimum Gasteiger partial charge on any atom is -0.455 e. The number of fused-ring (bicyclic) bond motifs is 10. The summed E-state index contributed by atoms with van der Waals surface area (Å²) < 4.78 is 13.2. The first-order valence-electron chi connectivity index (χ1n) is 19.2. The minimum atomic E-state index is 0.839. The normalized spacial score (nSPS) is 11.9. The van der Waals surface area contributed by atoms with E-state index in [2.05, 4.69) is 170 Å². The molecule has 0 saturated carbocycles. The second-order valence-corrected chi connectivity index (χ2v) is 14.8. The van der Waals surface area contributed by atoms with Crippen LogP contribution in [-0.4, -0.2) is 0 Å². The van der Waals surface area contributed by atoms with Crippen LogP contribution in [-0.2, 0) is 0 Å². The Labute approximate surface area is 322 Å². The van der Waals surface area contributed by atoms with Gasteiger partial charge in [0.25, 0.3) is 0 Å². The molecule has 0 spiro atoms. The van der Waals surface area contributed by atoms with Gasteiger partial charge in [0.1, 0.15) is 22.3 Å². The zero-order chi connectivity index (χ0) is 36.7. The Kier molecular flexibility index (Phi) is 6.66. The van der Waals surface area contributed by atoms with Crippen LogP contribution in [0.1, 0.15) is 0 Å². The molecule has 12 rings (SSSR count). The first kappa shape index (κ1) is 31.0. The highest BCUT2D eigenvalue weighted by atomic mass is 16.3. The lowest BCUT2D eigenvalue weighted by Crippen LogP contribution is -1.90. The van der Waals surface area contributed by atoms with Crippen molar-refractivity contribution in [1.82, 2.24) is 0 Å². The molecule has 0 aliphatic carbocycles. The summed E-state index contributed by atoms with van der Waals surface area (Å²) in [4.78, 5) is 0. The van der Waals surface area contributed by atoms with E-state index < -0.39 is 0 Å². The molecule has 0 unspecified atom stereocenters. The van der Waals surface area contributed by atoms with Crippen molar-refractivity contribution in [3.63, 3.8) is 0 Å². The third-order valence-electron chi connectivity index (χ3n) is 11.6. The van der Waals surface area contributed by atoms with Gasteiger partial charge in [-0.05, 0) is 114 Å². The lowest BCUT2D eigenvalue weighted by Gasteiger charge is -2.16. The molecule has 2 nitrogen and oxygen atoms in total. The van der Waals surface area contributed by atoms with Gasteiger partial charge in [-0.3, -0.25) is 0 Å². The lowest BCUT2D eigenvalue weighted by atomic mass is 9.87. The minimum absolute atomic E-state index is 0.839. The smallest absolute Gasteiger partial charge is 0.147 e. The predicted octanol–water partition coefficient (Wildman–Crippen LogP) is 15.6. The molecule has 0 radical (unpaired) electrons. The molecule has 56 heavy (non-hydrogen) atoms. The van der Waals surface area contributed by atoms with Crippen molar-refractivity contribution >= 4 is 76.2 Å². The fourth-order valence-corrected chi connectivity index (χ4v) is 9.01. The van der Waals surface area contributed by atoms with E-state index in [1.807, 2.05) is 24.3 Å². The van der Waals surface area contributed by atoms with Crippen LogP contribution < -0.4 is 0 Å². The average Bonchev–Trinajstić information content (AvgIpc) is 3.84. The fraction of sp³-hybridized carbons (Fsp3) is 0. The van der Waals surface area contributed by atoms with Crippen molar-refractivity contribution in [2.24, 2.45) is 0 Å². The van der Waals surface area contributed by atoms with Gasteiger partial charge in [0.2, 0.25) is 0 Å². The molecule has 0 saturated heterocycles. The van der Waals surface area contributed by atoms with E-state index >= 15 is 0 Å². The van der Waals surface area contributed by atoms with Crippen molar-refractivity contribution < 1.29 is 8.83 Å². The topological polar surface area (TPSA) is 26.3 Å².